The van der Waals surface area contributed by atoms with Crippen molar-refractivity contribution in [2.45, 2.75) is 0 Å². The fraction of sp³-hybridized carbons (Fsp3) is 0.0588. The van der Waals surface area contributed by atoms with E-state index in [1.807, 2.05) is 6.07 Å². The number of aromatic nitrogens is 3. The molecule has 0 atom stereocenters. The molecule has 126 valence electrons. The van der Waals surface area contributed by atoms with Gasteiger partial charge in [0.2, 0.25) is 5.69 Å². The summed E-state index contributed by atoms with van der Waals surface area (Å²) in [6.45, 7) is 0. The number of rotatable bonds is 6. The van der Waals surface area contributed by atoms with Gasteiger partial charge in [0.05, 0.1) is 7.11 Å². The number of H-pyrrole nitrogens is 1. The van der Waals surface area contributed by atoms with Gasteiger partial charge in [0.25, 0.3) is 5.88 Å². The maximum atomic E-state index is 11.0. The van der Waals surface area contributed by atoms with Crippen LogP contribution in [-0.2, 0) is 0 Å². The Morgan fingerprint density at radius 2 is 1.88 bits per heavy atom. The first-order valence-corrected chi connectivity index (χ1v) is 7.17. The van der Waals surface area contributed by atoms with Crippen molar-refractivity contribution in [2.75, 3.05) is 7.11 Å². The summed E-state index contributed by atoms with van der Waals surface area (Å²) in [5, 5.41) is 18.3. The van der Waals surface area contributed by atoms with E-state index in [1.54, 1.807) is 36.4 Å². The van der Waals surface area contributed by atoms with Gasteiger partial charge >= 0.3 is 5.97 Å². The van der Waals surface area contributed by atoms with Crippen molar-refractivity contribution >= 4 is 12.3 Å². The standard InChI is InChI=1S/C17H13N3O5/c1-24-14-7-10(9-21)6-12(8-14)11-2-4-13(5-3-11)25-16-15(17(22)23)18-20-19-16/h2-9H,1H3,(H,22,23)(H,18,19,20). The topological polar surface area (TPSA) is 114 Å². The molecule has 1 aromatic heterocycles. The largest absolute Gasteiger partial charge is 0.497 e. The van der Waals surface area contributed by atoms with Crippen molar-refractivity contribution in [3.8, 4) is 28.5 Å². The zero-order valence-electron chi connectivity index (χ0n) is 13.1. The summed E-state index contributed by atoms with van der Waals surface area (Å²) in [6, 6.07) is 12.1. The van der Waals surface area contributed by atoms with Crippen LogP contribution in [-0.4, -0.2) is 39.9 Å². The number of carbonyl (C=O) groups is 2. The average Bonchev–Trinajstić information content (AvgIpc) is 3.10. The predicted molar refractivity (Wildman–Crippen MR) is 87.2 cm³/mol. The number of hydrogen-bond acceptors (Lipinski definition) is 6. The number of carbonyl (C=O) groups excluding carboxylic acids is 1. The summed E-state index contributed by atoms with van der Waals surface area (Å²) in [7, 11) is 1.53. The molecular formula is C17H13N3O5. The van der Waals surface area contributed by atoms with Crippen LogP contribution in [0.2, 0.25) is 0 Å². The highest BCUT2D eigenvalue weighted by Gasteiger charge is 2.16. The molecule has 0 unspecified atom stereocenters. The smallest absolute Gasteiger partial charge is 0.359 e. The number of ether oxygens (including phenoxy) is 2. The fourth-order valence-electron chi connectivity index (χ4n) is 2.23. The van der Waals surface area contributed by atoms with Crippen LogP contribution in [0.1, 0.15) is 20.8 Å². The average molecular weight is 339 g/mol. The second kappa shape index (κ2) is 6.83. The van der Waals surface area contributed by atoms with Gasteiger partial charge in [-0.15, -0.1) is 0 Å². The Hall–Kier alpha value is -3.68. The Morgan fingerprint density at radius 3 is 2.52 bits per heavy atom. The van der Waals surface area contributed by atoms with Crippen LogP contribution in [0.5, 0.6) is 17.4 Å². The minimum atomic E-state index is -1.21. The minimum Gasteiger partial charge on any atom is -0.497 e. The van der Waals surface area contributed by atoms with Crippen molar-refractivity contribution in [3.63, 3.8) is 0 Å². The van der Waals surface area contributed by atoms with Gasteiger partial charge in [0.15, 0.2) is 0 Å². The Kier molecular flexibility index (Phi) is 4.42. The summed E-state index contributed by atoms with van der Waals surface area (Å²) >= 11 is 0. The lowest BCUT2D eigenvalue weighted by atomic mass is 10.0. The third-order valence-corrected chi connectivity index (χ3v) is 3.43. The van der Waals surface area contributed by atoms with E-state index in [0.29, 0.717) is 17.1 Å². The zero-order valence-corrected chi connectivity index (χ0v) is 13.1. The molecule has 0 spiro atoms. The van der Waals surface area contributed by atoms with E-state index in [-0.39, 0.29) is 11.6 Å². The lowest BCUT2D eigenvalue weighted by Crippen LogP contribution is -1.99. The lowest BCUT2D eigenvalue weighted by Gasteiger charge is -2.08. The van der Waals surface area contributed by atoms with Gasteiger partial charge in [-0.25, -0.2) is 9.89 Å². The minimum absolute atomic E-state index is 0.120. The molecule has 0 aliphatic carbocycles. The lowest BCUT2D eigenvalue weighted by molar-refractivity contribution is 0.0687. The second-order valence-electron chi connectivity index (χ2n) is 5.04. The monoisotopic (exact) mass is 339 g/mol. The zero-order chi connectivity index (χ0) is 17.8. The molecule has 0 radical (unpaired) electrons. The maximum Gasteiger partial charge on any atom is 0.359 e. The van der Waals surface area contributed by atoms with Gasteiger partial charge in [-0.3, -0.25) is 4.79 Å². The Balaban J connectivity index is 1.86. The highest BCUT2D eigenvalue weighted by molar-refractivity contribution is 5.87. The van der Waals surface area contributed by atoms with Gasteiger partial charge in [-0.2, -0.15) is 0 Å². The Morgan fingerprint density at radius 1 is 1.12 bits per heavy atom. The van der Waals surface area contributed by atoms with Crippen molar-refractivity contribution < 1.29 is 24.2 Å². The molecule has 2 aromatic carbocycles. The highest BCUT2D eigenvalue weighted by Crippen LogP contribution is 2.29. The van der Waals surface area contributed by atoms with Crippen molar-refractivity contribution in [1.29, 1.82) is 0 Å². The molecule has 3 rings (SSSR count). The van der Waals surface area contributed by atoms with Gasteiger partial charge in [0.1, 0.15) is 17.8 Å². The van der Waals surface area contributed by atoms with Crippen LogP contribution in [0.3, 0.4) is 0 Å². The first-order valence-electron chi connectivity index (χ1n) is 7.17. The Labute approximate surface area is 142 Å². The molecule has 2 N–H and O–H groups in total. The van der Waals surface area contributed by atoms with Crippen LogP contribution >= 0.6 is 0 Å². The normalized spacial score (nSPS) is 10.3. The molecule has 0 aliphatic rings. The number of nitrogens with zero attached hydrogens (tertiary/aromatic N) is 2. The maximum absolute atomic E-state index is 11.0. The van der Waals surface area contributed by atoms with E-state index in [2.05, 4.69) is 15.4 Å². The number of hydrogen-bond donors (Lipinski definition) is 2. The fourth-order valence-corrected chi connectivity index (χ4v) is 2.23. The highest BCUT2D eigenvalue weighted by atomic mass is 16.5. The summed E-state index contributed by atoms with van der Waals surface area (Å²) in [5.74, 6) is -0.355. The van der Waals surface area contributed by atoms with E-state index in [1.165, 1.54) is 7.11 Å². The number of carboxylic acids is 1. The van der Waals surface area contributed by atoms with Crippen LogP contribution < -0.4 is 9.47 Å². The molecule has 0 aliphatic heterocycles. The van der Waals surface area contributed by atoms with E-state index >= 15 is 0 Å². The molecule has 0 fully saturated rings. The number of aldehydes is 1. The number of methoxy groups -OCH3 is 1. The van der Waals surface area contributed by atoms with Crippen molar-refractivity contribution in [1.82, 2.24) is 15.4 Å². The van der Waals surface area contributed by atoms with E-state index in [4.69, 9.17) is 14.6 Å². The van der Waals surface area contributed by atoms with Crippen molar-refractivity contribution in [2.24, 2.45) is 0 Å². The predicted octanol–water partition coefficient (Wildman–Crippen LogP) is 2.78. The number of nitrogens with one attached hydrogen (secondary N) is 1. The molecule has 8 heteroatoms. The summed E-state index contributed by atoms with van der Waals surface area (Å²) in [5.41, 5.74) is 1.92. The van der Waals surface area contributed by atoms with Crippen LogP contribution in [0.25, 0.3) is 11.1 Å². The van der Waals surface area contributed by atoms with E-state index < -0.39 is 5.97 Å². The van der Waals surface area contributed by atoms with Gasteiger partial charge in [-0.1, -0.05) is 22.4 Å². The van der Waals surface area contributed by atoms with Gasteiger partial charge in [0, 0.05) is 5.56 Å². The Bertz CT molecular complexity index is 918. The number of carboxylic acid groups (broad SMARTS) is 1. The third kappa shape index (κ3) is 3.47. The number of benzene rings is 2. The van der Waals surface area contributed by atoms with E-state index in [9.17, 15) is 9.59 Å². The molecule has 0 saturated heterocycles. The van der Waals surface area contributed by atoms with Crippen LogP contribution in [0, 0.1) is 0 Å². The molecule has 0 saturated carbocycles. The van der Waals surface area contributed by atoms with E-state index in [0.717, 1.165) is 17.4 Å². The summed E-state index contributed by atoms with van der Waals surface area (Å²) in [6.07, 6.45) is 0.751. The second-order valence-corrected chi connectivity index (χ2v) is 5.04. The molecule has 1 heterocycles. The first-order chi connectivity index (χ1) is 12.1. The molecular weight excluding hydrogens is 326 g/mol. The number of aromatic amines is 1. The SMILES string of the molecule is COc1cc(C=O)cc(-c2ccc(Oc3nn[nH]c3C(=O)O)cc2)c1. The van der Waals surface area contributed by atoms with Gasteiger partial charge in [-0.05, 0) is 41.5 Å². The molecule has 0 bridgehead atoms. The number of aromatic carboxylic acids is 1. The van der Waals surface area contributed by atoms with Crippen molar-refractivity contribution in [3.05, 3.63) is 53.7 Å². The van der Waals surface area contributed by atoms with Crippen LogP contribution in [0.15, 0.2) is 42.5 Å². The first kappa shape index (κ1) is 16.2. The third-order valence-electron chi connectivity index (χ3n) is 3.43. The molecule has 25 heavy (non-hydrogen) atoms. The van der Waals surface area contributed by atoms with Crippen LogP contribution in [0.4, 0.5) is 0 Å². The quantitative estimate of drug-likeness (QED) is 0.664. The molecule has 8 nitrogen and oxygen atoms in total. The summed E-state index contributed by atoms with van der Waals surface area (Å²) < 4.78 is 10.6. The molecule has 0 amide bonds. The molecule has 3 aromatic rings. The van der Waals surface area contributed by atoms with Gasteiger partial charge < -0.3 is 14.6 Å². The summed E-state index contributed by atoms with van der Waals surface area (Å²) in [4.78, 5) is 22.0.